The van der Waals surface area contributed by atoms with Gasteiger partial charge >= 0.3 is 0 Å². The summed E-state index contributed by atoms with van der Waals surface area (Å²) in [6, 6.07) is 0.544. The molecule has 0 radical (unpaired) electrons. The van der Waals surface area contributed by atoms with Crippen LogP contribution in [0.25, 0.3) is 0 Å². The first-order valence-electron chi connectivity index (χ1n) is 7.62. The summed E-state index contributed by atoms with van der Waals surface area (Å²) in [7, 11) is 1.90. The molecule has 1 aliphatic rings. The number of nitrogens with zero attached hydrogens (tertiary/aromatic N) is 3. The van der Waals surface area contributed by atoms with E-state index in [-0.39, 0.29) is 0 Å². The molecule has 0 saturated carbocycles. The van der Waals surface area contributed by atoms with Crippen molar-refractivity contribution in [2.45, 2.75) is 46.1 Å². The molecule has 0 aliphatic carbocycles. The number of rotatable bonds is 5. The Hall–Kier alpha value is -1.36. The maximum Gasteiger partial charge on any atom is 0.134 e. The molecule has 1 aromatic rings. The van der Waals surface area contributed by atoms with Gasteiger partial charge in [0.2, 0.25) is 0 Å². The number of likely N-dealkylation sites (tertiary alicyclic amines) is 1. The molecule has 2 rings (SSSR count). The van der Waals surface area contributed by atoms with E-state index in [9.17, 15) is 0 Å². The first-order chi connectivity index (χ1) is 9.61. The first kappa shape index (κ1) is 15.0. The molecule has 0 bridgehead atoms. The van der Waals surface area contributed by atoms with Crippen LogP contribution in [0.4, 0.5) is 11.6 Å². The molecule has 1 unspecified atom stereocenters. The van der Waals surface area contributed by atoms with Crippen molar-refractivity contribution in [3.05, 3.63) is 11.4 Å². The zero-order valence-electron chi connectivity index (χ0n) is 13.2. The standard InChI is InChI=1S/C15H27N5/c1-11(20-8-6-5-7-9-20)10-17-15-12(2)14(16-4)18-13(3)19-15/h11H,5-10H2,1-4H3,(H2,16,17,18,19). The maximum atomic E-state index is 4.52. The highest BCUT2D eigenvalue weighted by Crippen LogP contribution is 2.20. The Morgan fingerprint density at radius 3 is 2.40 bits per heavy atom. The van der Waals surface area contributed by atoms with Crippen molar-refractivity contribution in [2.24, 2.45) is 0 Å². The van der Waals surface area contributed by atoms with Crippen molar-refractivity contribution in [1.82, 2.24) is 14.9 Å². The molecule has 0 amide bonds. The molecule has 1 atom stereocenters. The Bertz CT molecular complexity index is 440. The van der Waals surface area contributed by atoms with Crippen LogP contribution >= 0.6 is 0 Å². The van der Waals surface area contributed by atoms with Crippen molar-refractivity contribution in [3.8, 4) is 0 Å². The summed E-state index contributed by atoms with van der Waals surface area (Å²) in [6.07, 6.45) is 4.05. The lowest BCUT2D eigenvalue weighted by Crippen LogP contribution is -2.41. The topological polar surface area (TPSA) is 53.1 Å². The van der Waals surface area contributed by atoms with Gasteiger partial charge in [0.1, 0.15) is 17.5 Å². The molecule has 2 N–H and O–H groups in total. The van der Waals surface area contributed by atoms with Gasteiger partial charge in [0, 0.05) is 25.2 Å². The normalized spacial score (nSPS) is 17.8. The van der Waals surface area contributed by atoms with E-state index in [0.29, 0.717) is 6.04 Å². The minimum absolute atomic E-state index is 0.544. The molecule has 1 fully saturated rings. The molecule has 0 spiro atoms. The molecule has 112 valence electrons. The van der Waals surface area contributed by atoms with E-state index in [2.05, 4.69) is 39.3 Å². The molecule has 0 aromatic carbocycles. The molecule has 1 aliphatic heterocycles. The predicted molar refractivity (Wildman–Crippen MR) is 84.4 cm³/mol. The Balaban J connectivity index is 1.97. The van der Waals surface area contributed by atoms with Gasteiger partial charge in [0.25, 0.3) is 0 Å². The van der Waals surface area contributed by atoms with E-state index in [4.69, 9.17) is 0 Å². The molecule has 1 saturated heterocycles. The Kier molecular flexibility index (Phi) is 5.17. The molecule has 5 nitrogen and oxygen atoms in total. The Morgan fingerprint density at radius 2 is 1.75 bits per heavy atom. The molecule has 5 heteroatoms. The molecule has 20 heavy (non-hydrogen) atoms. The summed E-state index contributed by atoms with van der Waals surface area (Å²) in [5.41, 5.74) is 1.09. The predicted octanol–water partition coefficient (Wildman–Crippen LogP) is 2.42. The second-order valence-corrected chi connectivity index (χ2v) is 5.67. The van der Waals surface area contributed by atoms with Gasteiger partial charge in [-0.2, -0.15) is 0 Å². The van der Waals surface area contributed by atoms with Crippen LogP contribution in [-0.2, 0) is 0 Å². The number of nitrogens with one attached hydrogen (secondary N) is 2. The quantitative estimate of drug-likeness (QED) is 0.865. The van der Waals surface area contributed by atoms with E-state index < -0.39 is 0 Å². The van der Waals surface area contributed by atoms with Crippen molar-refractivity contribution < 1.29 is 0 Å². The summed E-state index contributed by atoms with van der Waals surface area (Å²) in [4.78, 5) is 11.5. The summed E-state index contributed by atoms with van der Waals surface area (Å²) in [6.45, 7) is 9.67. The zero-order valence-corrected chi connectivity index (χ0v) is 13.2. The van der Waals surface area contributed by atoms with Crippen molar-refractivity contribution in [2.75, 3.05) is 37.3 Å². The number of anilines is 2. The smallest absolute Gasteiger partial charge is 0.134 e. The maximum absolute atomic E-state index is 4.52. The van der Waals surface area contributed by atoms with Gasteiger partial charge in [-0.25, -0.2) is 9.97 Å². The number of hydrogen-bond acceptors (Lipinski definition) is 5. The van der Waals surface area contributed by atoms with Crippen LogP contribution in [0.15, 0.2) is 0 Å². The minimum Gasteiger partial charge on any atom is -0.373 e. The fourth-order valence-electron chi connectivity index (χ4n) is 2.78. The fourth-order valence-corrected chi connectivity index (χ4v) is 2.78. The van der Waals surface area contributed by atoms with Crippen LogP contribution in [0.2, 0.25) is 0 Å². The zero-order chi connectivity index (χ0) is 14.5. The SMILES string of the molecule is CNc1nc(C)nc(NCC(C)N2CCCCC2)c1C. The van der Waals surface area contributed by atoms with Crippen molar-refractivity contribution >= 4 is 11.6 Å². The van der Waals surface area contributed by atoms with Crippen LogP contribution in [0.3, 0.4) is 0 Å². The van der Waals surface area contributed by atoms with Gasteiger partial charge in [-0.3, -0.25) is 4.90 Å². The lowest BCUT2D eigenvalue weighted by molar-refractivity contribution is 0.180. The summed E-state index contributed by atoms with van der Waals surface area (Å²) < 4.78 is 0. The van der Waals surface area contributed by atoms with E-state index in [1.165, 1.54) is 32.4 Å². The lowest BCUT2D eigenvalue weighted by atomic mass is 10.1. The highest BCUT2D eigenvalue weighted by atomic mass is 15.2. The van der Waals surface area contributed by atoms with Crippen LogP contribution in [-0.4, -0.2) is 47.6 Å². The minimum atomic E-state index is 0.544. The third kappa shape index (κ3) is 3.60. The van der Waals surface area contributed by atoms with E-state index >= 15 is 0 Å². The summed E-state index contributed by atoms with van der Waals surface area (Å²) in [5, 5.41) is 6.62. The third-order valence-electron chi connectivity index (χ3n) is 4.07. The number of aryl methyl sites for hydroxylation is 1. The van der Waals surface area contributed by atoms with Crippen LogP contribution in [0.1, 0.15) is 37.6 Å². The molecule has 2 heterocycles. The Morgan fingerprint density at radius 1 is 1.10 bits per heavy atom. The lowest BCUT2D eigenvalue weighted by Gasteiger charge is -2.32. The summed E-state index contributed by atoms with van der Waals surface area (Å²) >= 11 is 0. The fraction of sp³-hybridized carbons (Fsp3) is 0.733. The van der Waals surface area contributed by atoms with E-state index in [0.717, 1.165) is 29.6 Å². The largest absolute Gasteiger partial charge is 0.373 e. The highest BCUT2D eigenvalue weighted by Gasteiger charge is 2.17. The van der Waals surface area contributed by atoms with E-state index in [1.807, 2.05) is 14.0 Å². The van der Waals surface area contributed by atoms with Crippen LogP contribution in [0.5, 0.6) is 0 Å². The van der Waals surface area contributed by atoms with Crippen molar-refractivity contribution in [1.29, 1.82) is 0 Å². The third-order valence-corrected chi connectivity index (χ3v) is 4.07. The molecular weight excluding hydrogens is 250 g/mol. The van der Waals surface area contributed by atoms with Gasteiger partial charge in [-0.05, 0) is 46.7 Å². The first-order valence-corrected chi connectivity index (χ1v) is 7.62. The number of hydrogen-bond donors (Lipinski definition) is 2. The number of piperidine rings is 1. The average Bonchev–Trinajstić information content (AvgIpc) is 2.48. The molecular formula is C15H27N5. The van der Waals surface area contributed by atoms with Gasteiger partial charge < -0.3 is 10.6 Å². The highest BCUT2D eigenvalue weighted by molar-refractivity contribution is 5.56. The monoisotopic (exact) mass is 277 g/mol. The van der Waals surface area contributed by atoms with Crippen LogP contribution in [0, 0.1) is 13.8 Å². The van der Waals surface area contributed by atoms with Gasteiger partial charge in [-0.15, -0.1) is 0 Å². The van der Waals surface area contributed by atoms with Gasteiger partial charge in [0.15, 0.2) is 0 Å². The average molecular weight is 277 g/mol. The van der Waals surface area contributed by atoms with Gasteiger partial charge in [0.05, 0.1) is 0 Å². The van der Waals surface area contributed by atoms with Crippen molar-refractivity contribution in [3.63, 3.8) is 0 Å². The van der Waals surface area contributed by atoms with Gasteiger partial charge in [-0.1, -0.05) is 6.42 Å². The Labute approximate surface area is 122 Å². The van der Waals surface area contributed by atoms with Crippen LogP contribution < -0.4 is 10.6 Å². The summed E-state index contributed by atoms with van der Waals surface area (Å²) in [5.74, 6) is 2.66. The van der Waals surface area contributed by atoms with E-state index in [1.54, 1.807) is 0 Å². The number of aromatic nitrogens is 2. The molecule has 1 aromatic heterocycles. The second-order valence-electron chi connectivity index (χ2n) is 5.67. The second kappa shape index (κ2) is 6.88.